The lowest BCUT2D eigenvalue weighted by atomic mass is 9.86. The first-order valence-corrected chi connectivity index (χ1v) is 7.98. The summed E-state index contributed by atoms with van der Waals surface area (Å²) in [6, 6.07) is 3.32. The summed E-state index contributed by atoms with van der Waals surface area (Å²) in [5.41, 5.74) is 1.10. The number of rotatable bonds is 4. The molecule has 3 fully saturated rings. The molecule has 2 bridgehead atoms. The molecule has 6 heteroatoms. The molecule has 3 aliphatic rings. The number of esters is 1. The normalized spacial score (nSPS) is 26.6. The van der Waals surface area contributed by atoms with Gasteiger partial charge >= 0.3 is 5.97 Å². The molecule has 120 valence electrons. The van der Waals surface area contributed by atoms with Gasteiger partial charge in [-0.15, -0.1) is 0 Å². The Morgan fingerprint density at radius 3 is 2.64 bits per heavy atom. The standard InChI is InChI=1S/C16H21ClN2O3/c1-18-13-8-14(21-2)11(7-12(13)17)16(20)22-15-9-19-5-3-10(15)4-6-19/h7-8,10,15,18H,3-6,9H2,1-2H3. The zero-order valence-electron chi connectivity index (χ0n) is 12.9. The molecule has 3 heterocycles. The van der Waals surface area contributed by atoms with E-state index in [0.717, 1.165) is 38.2 Å². The zero-order chi connectivity index (χ0) is 15.7. The van der Waals surface area contributed by atoms with Gasteiger partial charge in [-0.05, 0) is 37.9 Å². The first kappa shape index (κ1) is 15.4. The van der Waals surface area contributed by atoms with Gasteiger partial charge in [-0.2, -0.15) is 0 Å². The fourth-order valence-electron chi connectivity index (χ4n) is 3.32. The van der Waals surface area contributed by atoms with Crippen molar-refractivity contribution in [3.05, 3.63) is 22.7 Å². The fourth-order valence-corrected chi connectivity index (χ4v) is 3.58. The van der Waals surface area contributed by atoms with E-state index in [1.807, 2.05) is 0 Å². The maximum atomic E-state index is 12.5. The maximum absolute atomic E-state index is 12.5. The van der Waals surface area contributed by atoms with Gasteiger partial charge < -0.3 is 14.8 Å². The van der Waals surface area contributed by atoms with Gasteiger partial charge in [0.05, 0.1) is 17.8 Å². The van der Waals surface area contributed by atoms with E-state index in [9.17, 15) is 4.79 Å². The Kier molecular flexibility index (Phi) is 4.45. The number of carbonyl (C=O) groups excluding carboxylic acids is 1. The molecule has 4 rings (SSSR count). The Labute approximate surface area is 135 Å². The molecule has 0 aliphatic carbocycles. The minimum atomic E-state index is -0.361. The van der Waals surface area contributed by atoms with Crippen molar-refractivity contribution in [2.75, 3.05) is 39.1 Å². The van der Waals surface area contributed by atoms with Crippen LogP contribution in [0.1, 0.15) is 23.2 Å². The molecular weight excluding hydrogens is 304 g/mol. The Bertz CT molecular complexity index is 571. The summed E-state index contributed by atoms with van der Waals surface area (Å²) in [6.45, 7) is 3.07. The summed E-state index contributed by atoms with van der Waals surface area (Å²) in [5.74, 6) is 0.590. The number of ether oxygens (including phenoxy) is 2. The monoisotopic (exact) mass is 324 g/mol. The van der Waals surface area contributed by atoms with Gasteiger partial charge in [-0.1, -0.05) is 11.6 Å². The molecule has 3 saturated heterocycles. The highest BCUT2D eigenvalue weighted by molar-refractivity contribution is 6.33. The number of carbonyl (C=O) groups is 1. The number of fused-ring (bicyclic) bond motifs is 3. The highest BCUT2D eigenvalue weighted by Crippen LogP contribution is 2.33. The van der Waals surface area contributed by atoms with Crippen LogP contribution < -0.4 is 10.1 Å². The minimum Gasteiger partial charge on any atom is -0.496 e. The van der Waals surface area contributed by atoms with Gasteiger partial charge in [0.25, 0.3) is 0 Å². The summed E-state index contributed by atoms with van der Waals surface area (Å²) in [7, 11) is 3.31. The lowest BCUT2D eigenvalue weighted by Crippen LogP contribution is -2.51. The molecule has 5 nitrogen and oxygen atoms in total. The Morgan fingerprint density at radius 1 is 1.36 bits per heavy atom. The van der Waals surface area contributed by atoms with E-state index in [4.69, 9.17) is 21.1 Å². The number of benzene rings is 1. The number of hydrogen-bond donors (Lipinski definition) is 1. The quantitative estimate of drug-likeness (QED) is 0.863. The lowest BCUT2D eigenvalue weighted by molar-refractivity contribution is -0.0457. The Hall–Kier alpha value is -1.46. The fraction of sp³-hybridized carbons (Fsp3) is 0.562. The van der Waals surface area contributed by atoms with Gasteiger partial charge in [-0.25, -0.2) is 4.79 Å². The molecule has 1 atom stereocenters. The molecule has 0 radical (unpaired) electrons. The van der Waals surface area contributed by atoms with E-state index in [1.54, 1.807) is 19.2 Å². The van der Waals surface area contributed by atoms with Crippen LogP contribution in [-0.4, -0.2) is 50.8 Å². The van der Waals surface area contributed by atoms with Crippen molar-refractivity contribution < 1.29 is 14.3 Å². The number of hydrogen-bond acceptors (Lipinski definition) is 5. The number of methoxy groups -OCH3 is 1. The molecule has 3 aliphatic heterocycles. The van der Waals surface area contributed by atoms with Crippen molar-refractivity contribution in [2.24, 2.45) is 5.92 Å². The molecule has 1 aromatic carbocycles. The predicted octanol–water partition coefficient (Wildman–Crippen LogP) is 2.64. The third-order valence-electron chi connectivity index (χ3n) is 4.63. The number of anilines is 1. The van der Waals surface area contributed by atoms with E-state index in [0.29, 0.717) is 22.3 Å². The smallest absolute Gasteiger partial charge is 0.342 e. The summed E-state index contributed by atoms with van der Waals surface area (Å²) < 4.78 is 11.0. The van der Waals surface area contributed by atoms with E-state index >= 15 is 0 Å². The average Bonchev–Trinajstić information content (AvgIpc) is 2.55. The maximum Gasteiger partial charge on any atom is 0.342 e. The SMILES string of the molecule is CNc1cc(OC)c(C(=O)OC2CN3CCC2CC3)cc1Cl. The third-order valence-corrected chi connectivity index (χ3v) is 4.95. The van der Waals surface area contributed by atoms with Crippen molar-refractivity contribution in [3.63, 3.8) is 0 Å². The second-order valence-corrected chi connectivity index (χ2v) is 6.27. The second kappa shape index (κ2) is 6.34. The largest absolute Gasteiger partial charge is 0.496 e. The van der Waals surface area contributed by atoms with Gasteiger partial charge in [0.1, 0.15) is 17.4 Å². The summed E-state index contributed by atoms with van der Waals surface area (Å²) in [6.07, 6.45) is 2.19. The van der Waals surface area contributed by atoms with Crippen LogP contribution >= 0.6 is 11.6 Å². The first-order valence-electron chi connectivity index (χ1n) is 7.61. The van der Waals surface area contributed by atoms with Crippen LogP contribution in [0.15, 0.2) is 12.1 Å². The van der Waals surface area contributed by atoms with Gasteiger partial charge in [0, 0.05) is 19.7 Å². The predicted molar refractivity (Wildman–Crippen MR) is 85.9 cm³/mol. The van der Waals surface area contributed by atoms with E-state index in [2.05, 4.69) is 10.2 Å². The van der Waals surface area contributed by atoms with Crippen LogP contribution in [0.4, 0.5) is 5.69 Å². The van der Waals surface area contributed by atoms with Crippen LogP contribution in [0, 0.1) is 5.92 Å². The van der Waals surface area contributed by atoms with E-state index in [-0.39, 0.29) is 12.1 Å². The zero-order valence-corrected chi connectivity index (χ0v) is 13.7. The second-order valence-electron chi connectivity index (χ2n) is 5.86. The highest BCUT2D eigenvalue weighted by atomic mass is 35.5. The van der Waals surface area contributed by atoms with Crippen molar-refractivity contribution in [3.8, 4) is 5.75 Å². The topological polar surface area (TPSA) is 50.8 Å². The lowest BCUT2D eigenvalue weighted by Gasteiger charge is -2.43. The van der Waals surface area contributed by atoms with Gasteiger partial charge in [0.2, 0.25) is 0 Å². The summed E-state index contributed by atoms with van der Waals surface area (Å²) in [5, 5.41) is 3.44. The number of nitrogens with zero attached hydrogens (tertiary/aromatic N) is 1. The van der Waals surface area contributed by atoms with Crippen molar-refractivity contribution in [1.29, 1.82) is 0 Å². The van der Waals surface area contributed by atoms with E-state index in [1.165, 1.54) is 7.11 Å². The number of piperidine rings is 3. The summed E-state index contributed by atoms with van der Waals surface area (Å²) >= 11 is 6.17. The van der Waals surface area contributed by atoms with Crippen molar-refractivity contribution in [1.82, 2.24) is 4.90 Å². The summed E-state index contributed by atoms with van der Waals surface area (Å²) in [4.78, 5) is 14.9. The Balaban J connectivity index is 1.78. The van der Waals surface area contributed by atoms with E-state index < -0.39 is 0 Å². The third kappa shape index (κ3) is 2.88. The van der Waals surface area contributed by atoms with Crippen LogP contribution in [0.3, 0.4) is 0 Å². The number of halogens is 1. The molecule has 1 aromatic rings. The van der Waals surface area contributed by atoms with Gasteiger partial charge in [0.15, 0.2) is 0 Å². The molecule has 0 aromatic heterocycles. The Morgan fingerprint density at radius 2 is 2.09 bits per heavy atom. The number of nitrogens with one attached hydrogen (secondary N) is 1. The molecule has 0 spiro atoms. The molecule has 0 saturated carbocycles. The van der Waals surface area contributed by atoms with Crippen molar-refractivity contribution >= 4 is 23.3 Å². The van der Waals surface area contributed by atoms with Crippen LogP contribution in [0.2, 0.25) is 5.02 Å². The molecule has 22 heavy (non-hydrogen) atoms. The minimum absolute atomic E-state index is 0.0255. The highest BCUT2D eigenvalue weighted by Gasteiger charge is 2.37. The van der Waals surface area contributed by atoms with Crippen LogP contribution in [0.25, 0.3) is 0 Å². The average molecular weight is 325 g/mol. The molecule has 0 amide bonds. The van der Waals surface area contributed by atoms with Crippen LogP contribution in [-0.2, 0) is 4.74 Å². The first-order chi connectivity index (χ1) is 10.6. The molecule has 1 unspecified atom stereocenters. The van der Waals surface area contributed by atoms with Crippen molar-refractivity contribution in [2.45, 2.75) is 18.9 Å². The van der Waals surface area contributed by atoms with Gasteiger partial charge in [-0.3, -0.25) is 4.90 Å². The molecule has 1 N–H and O–H groups in total. The molecular formula is C16H21ClN2O3. The van der Waals surface area contributed by atoms with Crippen LogP contribution in [0.5, 0.6) is 5.75 Å².